The average Bonchev–Trinajstić information content (AvgIpc) is 2.96. The van der Waals surface area contributed by atoms with Crippen LogP contribution in [0.4, 0.5) is 14.6 Å². The maximum atomic E-state index is 15.1. The van der Waals surface area contributed by atoms with Gasteiger partial charge in [0.2, 0.25) is 5.91 Å². The molecule has 1 amide bonds. The number of rotatable bonds is 5. The van der Waals surface area contributed by atoms with Gasteiger partial charge in [-0.3, -0.25) is 14.3 Å². The fourth-order valence-corrected chi connectivity index (χ4v) is 7.76. The van der Waals surface area contributed by atoms with Crippen molar-refractivity contribution in [3.8, 4) is 16.9 Å². The van der Waals surface area contributed by atoms with Crippen molar-refractivity contribution in [1.29, 1.82) is 0 Å². The van der Waals surface area contributed by atoms with Gasteiger partial charge in [-0.1, -0.05) is 18.2 Å². The molecule has 3 aliphatic heterocycles. The van der Waals surface area contributed by atoms with Crippen molar-refractivity contribution in [3.05, 3.63) is 64.1 Å². The first-order valence-electron chi connectivity index (χ1n) is 13.9. The summed E-state index contributed by atoms with van der Waals surface area (Å²) in [7, 11) is -3.10. The number of halogens is 3. The van der Waals surface area contributed by atoms with E-state index in [1.165, 1.54) is 16.7 Å². The van der Waals surface area contributed by atoms with Gasteiger partial charge >= 0.3 is 5.69 Å². The Hall–Kier alpha value is -3.55. The first kappa shape index (κ1) is 29.5. The Morgan fingerprint density at radius 3 is 2.60 bits per heavy atom. The van der Waals surface area contributed by atoms with Crippen LogP contribution in [0.1, 0.15) is 13.0 Å². The third kappa shape index (κ3) is 5.38. The molecule has 2 aromatic carbocycles. The quantitative estimate of drug-likeness (QED) is 0.395. The van der Waals surface area contributed by atoms with Crippen LogP contribution in [0.3, 0.4) is 0 Å². The predicted molar refractivity (Wildman–Crippen MR) is 160 cm³/mol. The number of benzene rings is 2. The third-order valence-electron chi connectivity index (χ3n) is 8.37. The predicted octanol–water partition coefficient (Wildman–Crippen LogP) is 2.88. The minimum absolute atomic E-state index is 0.0188. The van der Waals surface area contributed by atoms with Crippen molar-refractivity contribution < 1.29 is 26.7 Å². The lowest BCUT2D eigenvalue weighted by Gasteiger charge is -2.41. The van der Waals surface area contributed by atoms with E-state index in [2.05, 4.69) is 11.6 Å². The number of ether oxygens (including phenoxy) is 1. The Kier molecular flexibility index (Phi) is 7.68. The summed E-state index contributed by atoms with van der Waals surface area (Å²) < 4.78 is 60.7. The first-order chi connectivity index (χ1) is 20.5. The average molecular weight is 634 g/mol. The topological polar surface area (TPSA) is 105 Å². The van der Waals surface area contributed by atoms with E-state index in [9.17, 15) is 22.4 Å². The van der Waals surface area contributed by atoms with Crippen LogP contribution in [0.5, 0.6) is 5.75 Å². The zero-order valence-corrected chi connectivity index (χ0v) is 25.0. The van der Waals surface area contributed by atoms with Crippen molar-refractivity contribution in [2.24, 2.45) is 0 Å². The molecule has 0 saturated carbocycles. The molecule has 2 saturated heterocycles. The summed E-state index contributed by atoms with van der Waals surface area (Å²) in [6, 6.07) is 4.05. The lowest BCUT2D eigenvalue weighted by Crippen LogP contribution is -2.54. The standard InChI is InChI=1S/C29H30ClF2N5O5S/c1-3-24(38)35-6-7-36(17(2)14-35)28-21-13-22(30)25(20-5-4-18(31)12-23(20)32)27-26(21)37(29(39)33-28)19(16-42-27)15-34-8-10-43(40,41)11-9-34/h3-5,12-13,17,19H,1,6-11,14-16H2,2H3. The van der Waals surface area contributed by atoms with Gasteiger partial charge in [0.1, 0.15) is 24.1 Å². The monoisotopic (exact) mass is 633 g/mol. The van der Waals surface area contributed by atoms with Gasteiger partial charge in [-0.2, -0.15) is 4.98 Å². The second kappa shape index (κ2) is 11.2. The van der Waals surface area contributed by atoms with Crippen LogP contribution >= 0.6 is 11.6 Å². The van der Waals surface area contributed by atoms with Crippen LogP contribution in [0.2, 0.25) is 5.02 Å². The summed E-state index contributed by atoms with van der Waals surface area (Å²) in [6.07, 6.45) is 1.26. The van der Waals surface area contributed by atoms with Gasteiger partial charge in [0.25, 0.3) is 0 Å². The highest BCUT2D eigenvalue weighted by Gasteiger charge is 2.35. The van der Waals surface area contributed by atoms with Gasteiger partial charge in [0.15, 0.2) is 15.6 Å². The molecule has 3 aromatic rings. The van der Waals surface area contributed by atoms with Crippen LogP contribution in [-0.2, 0) is 14.6 Å². The normalized spacial score (nSPS) is 22.0. The summed E-state index contributed by atoms with van der Waals surface area (Å²) in [5.41, 5.74) is 0.0290. The number of carbonyl (C=O) groups is 1. The Morgan fingerprint density at radius 1 is 1.19 bits per heavy atom. The zero-order chi connectivity index (χ0) is 30.6. The highest BCUT2D eigenvalue weighted by atomic mass is 35.5. The Labute approximate surface area is 252 Å². The highest BCUT2D eigenvalue weighted by Crippen LogP contribution is 2.47. The second-order valence-corrected chi connectivity index (χ2v) is 13.8. The summed E-state index contributed by atoms with van der Waals surface area (Å²) in [6.45, 7) is 7.66. The SMILES string of the molecule is C=CC(=O)N1CCN(c2nc(=O)n3c4c(c(-c5ccc(F)cc5F)c(Cl)cc24)OCC3CN2CCS(=O)(=O)CC2)C(C)C1. The molecule has 2 atom stereocenters. The van der Waals surface area contributed by atoms with Crippen molar-refractivity contribution in [2.45, 2.75) is 19.0 Å². The Balaban J connectivity index is 1.51. The van der Waals surface area contributed by atoms with Gasteiger partial charge < -0.3 is 14.5 Å². The highest BCUT2D eigenvalue weighted by molar-refractivity contribution is 7.91. The lowest BCUT2D eigenvalue weighted by atomic mass is 9.99. The number of carbonyl (C=O) groups excluding carboxylic acids is 1. The molecule has 10 nitrogen and oxygen atoms in total. The van der Waals surface area contributed by atoms with Crippen molar-refractivity contribution in [3.63, 3.8) is 0 Å². The molecule has 43 heavy (non-hydrogen) atoms. The molecule has 4 heterocycles. The zero-order valence-electron chi connectivity index (χ0n) is 23.4. The molecule has 6 rings (SSSR count). The van der Waals surface area contributed by atoms with Gasteiger partial charge in [0, 0.05) is 67.9 Å². The maximum Gasteiger partial charge on any atom is 0.350 e. The van der Waals surface area contributed by atoms with E-state index in [1.807, 2.05) is 16.7 Å². The molecule has 0 aliphatic carbocycles. The molecule has 0 bridgehead atoms. The van der Waals surface area contributed by atoms with Crippen molar-refractivity contribution in [2.75, 3.05) is 62.3 Å². The van der Waals surface area contributed by atoms with Gasteiger partial charge in [-0.05, 0) is 31.2 Å². The molecule has 14 heteroatoms. The molecule has 3 aliphatic rings. The summed E-state index contributed by atoms with van der Waals surface area (Å²) >= 11 is 6.80. The number of anilines is 1. The van der Waals surface area contributed by atoms with E-state index >= 15 is 4.39 Å². The Morgan fingerprint density at radius 2 is 1.93 bits per heavy atom. The smallest absolute Gasteiger partial charge is 0.350 e. The number of hydrogen-bond acceptors (Lipinski definition) is 8. The van der Waals surface area contributed by atoms with Crippen molar-refractivity contribution in [1.82, 2.24) is 19.4 Å². The summed E-state index contributed by atoms with van der Waals surface area (Å²) in [5, 5.41) is 0.640. The molecule has 0 N–H and O–H groups in total. The minimum atomic E-state index is -3.10. The molecular formula is C29H30ClF2N5O5S. The van der Waals surface area contributed by atoms with Crippen LogP contribution in [0, 0.1) is 11.6 Å². The molecule has 2 unspecified atom stereocenters. The number of amides is 1. The largest absolute Gasteiger partial charge is 0.488 e. The molecule has 1 aromatic heterocycles. The number of nitrogens with zero attached hydrogens (tertiary/aromatic N) is 5. The van der Waals surface area contributed by atoms with Crippen LogP contribution in [-0.4, -0.2) is 97.1 Å². The third-order valence-corrected chi connectivity index (χ3v) is 10.3. The van der Waals surface area contributed by atoms with Gasteiger partial charge in [0.05, 0.1) is 28.1 Å². The van der Waals surface area contributed by atoms with Crippen molar-refractivity contribution >= 4 is 44.1 Å². The summed E-state index contributed by atoms with van der Waals surface area (Å²) in [5.74, 6) is -1.18. The minimum Gasteiger partial charge on any atom is -0.488 e. The lowest BCUT2D eigenvalue weighted by molar-refractivity contribution is -0.126. The van der Waals surface area contributed by atoms with Gasteiger partial charge in [-0.15, -0.1) is 0 Å². The van der Waals surface area contributed by atoms with E-state index in [0.717, 1.165) is 12.1 Å². The maximum absolute atomic E-state index is 15.1. The van der Waals surface area contributed by atoms with Crippen LogP contribution in [0.15, 0.2) is 41.7 Å². The fraction of sp³-hybridized carbons (Fsp3) is 0.414. The molecular weight excluding hydrogens is 604 g/mol. The fourth-order valence-electron chi connectivity index (χ4n) is 6.19. The number of hydrogen-bond donors (Lipinski definition) is 0. The number of sulfone groups is 1. The molecule has 2 fully saturated rings. The molecule has 0 spiro atoms. The number of aromatic nitrogens is 2. The molecule has 228 valence electrons. The first-order valence-corrected chi connectivity index (χ1v) is 16.1. The summed E-state index contributed by atoms with van der Waals surface area (Å²) in [4.78, 5) is 36.2. The van der Waals surface area contributed by atoms with E-state index in [-0.39, 0.29) is 52.0 Å². The van der Waals surface area contributed by atoms with Gasteiger partial charge in [-0.25, -0.2) is 22.0 Å². The Bertz CT molecular complexity index is 1800. The van der Waals surface area contributed by atoms with Crippen LogP contribution < -0.4 is 15.3 Å². The van der Waals surface area contributed by atoms with E-state index < -0.39 is 33.2 Å². The van der Waals surface area contributed by atoms with E-state index in [4.69, 9.17) is 16.3 Å². The molecule has 0 radical (unpaired) electrons. The van der Waals surface area contributed by atoms with Crippen LogP contribution in [0.25, 0.3) is 22.0 Å². The number of piperazine rings is 1. The van der Waals surface area contributed by atoms with E-state index in [0.29, 0.717) is 56.0 Å². The van der Waals surface area contributed by atoms with E-state index in [1.54, 1.807) is 11.0 Å². The second-order valence-electron chi connectivity index (χ2n) is 11.1.